The number of aliphatic carboxylic acids is 1. The van der Waals surface area contributed by atoms with Crippen LogP contribution >= 0.6 is 0 Å². The fourth-order valence-corrected chi connectivity index (χ4v) is 5.25. The van der Waals surface area contributed by atoms with E-state index in [1.165, 1.54) is 4.57 Å². The molecule has 7 heteroatoms. The van der Waals surface area contributed by atoms with Gasteiger partial charge in [0.05, 0.1) is 34.6 Å². The second-order valence-electron chi connectivity index (χ2n) is 9.30. The molecule has 36 heavy (non-hydrogen) atoms. The molecule has 2 atom stereocenters. The van der Waals surface area contributed by atoms with Crippen LogP contribution in [0, 0.1) is 25.2 Å². The van der Waals surface area contributed by atoms with E-state index < -0.39 is 11.9 Å². The fourth-order valence-electron chi connectivity index (χ4n) is 5.25. The Labute approximate surface area is 207 Å². The lowest BCUT2D eigenvalue weighted by molar-refractivity contribution is -0.139. The molecule has 0 aliphatic rings. The van der Waals surface area contributed by atoms with E-state index in [1.807, 2.05) is 26.1 Å². The SMILES string of the molecule is Cc1cc(C)c2c(C(C)n3c(=O)n(CC(C(=O)O)c4ccccc4)c4cc(C#N)ccc43)c[nH]c2c1. The maximum Gasteiger partial charge on any atom is 0.329 e. The first kappa shape index (κ1) is 23.2. The van der Waals surface area contributed by atoms with Crippen molar-refractivity contribution in [2.24, 2.45) is 0 Å². The number of aryl methyl sites for hydroxylation is 2. The summed E-state index contributed by atoms with van der Waals surface area (Å²) in [4.78, 5) is 29.5. The first-order chi connectivity index (χ1) is 17.3. The number of fused-ring (bicyclic) bond motifs is 2. The lowest BCUT2D eigenvalue weighted by atomic mass is 9.99. The summed E-state index contributed by atoms with van der Waals surface area (Å²) in [5.41, 5.74) is 6.16. The number of aromatic nitrogens is 3. The Morgan fingerprint density at radius 2 is 1.83 bits per heavy atom. The van der Waals surface area contributed by atoms with Crippen molar-refractivity contribution in [1.29, 1.82) is 5.26 Å². The molecular formula is C29H26N4O3. The number of hydrogen-bond acceptors (Lipinski definition) is 3. The third kappa shape index (κ3) is 3.77. The van der Waals surface area contributed by atoms with Gasteiger partial charge < -0.3 is 10.1 Å². The van der Waals surface area contributed by atoms with E-state index in [0.717, 1.165) is 27.6 Å². The number of carboxylic acids is 1. The lowest BCUT2D eigenvalue weighted by Crippen LogP contribution is -2.30. The van der Waals surface area contributed by atoms with Gasteiger partial charge in [0.1, 0.15) is 0 Å². The minimum Gasteiger partial charge on any atom is -0.481 e. The number of aromatic amines is 1. The summed E-state index contributed by atoms with van der Waals surface area (Å²) in [5, 5.41) is 20.6. The quantitative estimate of drug-likeness (QED) is 0.348. The molecule has 2 aromatic heterocycles. The van der Waals surface area contributed by atoms with Gasteiger partial charge in [0.2, 0.25) is 0 Å². The normalized spacial score (nSPS) is 13.1. The summed E-state index contributed by atoms with van der Waals surface area (Å²) < 4.78 is 3.19. The monoisotopic (exact) mass is 478 g/mol. The molecule has 180 valence electrons. The van der Waals surface area contributed by atoms with E-state index in [9.17, 15) is 20.0 Å². The number of hydrogen-bond donors (Lipinski definition) is 2. The molecule has 0 saturated heterocycles. The van der Waals surface area contributed by atoms with E-state index in [1.54, 1.807) is 47.0 Å². The molecule has 0 aliphatic heterocycles. The summed E-state index contributed by atoms with van der Waals surface area (Å²) in [6.45, 7) is 6.03. The Hall–Kier alpha value is -4.57. The number of nitrogens with one attached hydrogen (secondary N) is 1. The Morgan fingerprint density at radius 1 is 1.08 bits per heavy atom. The molecule has 3 aromatic carbocycles. The molecule has 2 unspecified atom stereocenters. The van der Waals surface area contributed by atoms with Crippen LogP contribution < -0.4 is 5.69 Å². The zero-order valence-electron chi connectivity index (χ0n) is 20.3. The smallest absolute Gasteiger partial charge is 0.329 e. The second kappa shape index (κ2) is 8.90. The number of imidazole rings is 1. The van der Waals surface area contributed by atoms with Gasteiger partial charge in [-0.3, -0.25) is 13.9 Å². The number of nitriles is 1. The molecule has 0 amide bonds. The first-order valence-corrected chi connectivity index (χ1v) is 11.8. The lowest BCUT2D eigenvalue weighted by Gasteiger charge is -2.15. The summed E-state index contributed by atoms with van der Waals surface area (Å²) in [6.07, 6.45) is 1.94. The van der Waals surface area contributed by atoms with Crippen LogP contribution in [0.25, 0.3) is 21.9 Å². The van der Waals surface area contributed by atoms with Crippen LogP contribution in [-0.4, -0.2) is 25.2 Å². The number of benzene rings is 3. The van der Waals surface area contributed by atoms with E-state index in [4.69, 9.17) is 0 Å². The Morgan fingerprint density at radius 3 is 2.53 bits per heavy atom. The second-order valence-corrected chi connectivity index (χ2v) is 9.30. The van der Waals surface area contributed by atoms with Gasteiger partial charge in [0.25, 0.3) is 0 Å². The zero-order chi connectivity index (χ0) is 25.6. The third-order valence-corrected chi connectivity index (χ3v) is 6.95. The van der Waals surface area contributed by atoms with E-state index in [0.29, 0.717) is 22.2 Å². The number of carboxylic acid groups (broad SMARTS) is 1. The average Bonchev–Trinajstić information content (AvgIpc) is 3.40. The van der Waals surface area contributed by atoms with Crippen LogP contribution in [0.2, 0.25) is 0 Å². The number of rotatable bonds is 6. The highest BCUT2D eigenvalue weighted by Crippen LogP contribution is 2.32. The van der Waals surface area contributed by atoms with Gasteiger partial charge in [-0.2, -0.15) is 5.26 Å². The topological polar surface area (TPSA) is 104 Å². The minimum atomic E-state index is -1.01. The van der Waals surface area contributed by atoms with Crippen LogP contribution in [0.3, 0.4) is 0 Å². The van der Waals surface area contributed by atoms with Crippen molar-refractivity contribution in [2.45, 2.75) is 39.3 Å². The van der Waals surface area contributed by atoms with Crippen LogP contribution in [0.5, 0.6) is 0 Å². The molecule has 0 spiro atoms. The third-order valence-electron chi connectivity index (χ3n) is 6.95. The van der Waals surface area contributed by atoms with Gasteiger partial charge in [0, 0.05) is 29.2 Å². The van der Waals surface area contributed by atoms with Gasteiger partial charge in [-0.1, -0.05) is 36.4 Å². The fraction of sp³-hybridized carbons (Fsp3) is 0.207. The molecule has 0 aliphatic carbocycles. The predicted octanol–water partition coefficient (Wildman–Crippen LogP) is 5.25. The number of carbonyl (C=O) groups is 1. The largest absolute Gasteiger partial charge is 0.481 e. The van der Waals surface area contributed by atoms with Crippen molar-refractivity contribution in [2.75, 3.05) is 0 Å². The molecule has 5 rings (SSSR count). The van der Waals surface area contributed by atoms with Crippen molar-refractivity contribution in [3.8, 4) is 6.07 Å². The molecular weight excluding hydrogens is 452 g/mol. The Kier molecular flexibility index (Phi) is 5.73. The summed E-state index contributed by atoms with van der Waals surface area (Å²) in [6, 6.07) is 20.0. The van der Waals surface area contributed by atoms with Gasteiger partial charge in [-0.15, -0.1) is 0 Å². The molecule has 7 nitrogen and oxygen atoms in total. The molecule has 0 saturated carbocycles. The molecule has 0 radical (unpaired) electrons. The van der Waals surface area contributed by atoms with Gasteiger partial charge in [0.15, 0.2) is 0 Å². The average molecular weight is 479 g/mol. The Balaban J connectivity index is 1.71. The van der Waals surface area contributed by atoms with Gasteiger partial charge in [-0.25, -0.2) is 4.79 Å². The van der Waals surface area contributed by atoms with Crippen molar-refractivity contribution >= 4 is 27.9 Å². The van der Waals surface area contributed by atoms with Crippen molar-refractivity contribution in [1.82, 2.24) is 14.1 Å². The zero-order valence-corrected chi connectivity index (χ0v) is 20.3. The maximum absolute atomic E-state index is 13.9. The highest BCUT2D eigenvalue weighted by molar-refractivity contribution is 5.88. The standard InChI is InChI=1S/C29H26N4O3/c1-17-11-18(2)27-22(15-31-24(27)12-17)19(3)33-25-10-9-20(14-30)13-26(25)32(29(33)36)16-23(28(34)35)21-7-5-4-6-8-21/h4-13,15,19,23,31H,16H2,1-3H3,(H,34,35). The van der Waals surface area contributed by atoms with E-state index >= 15 is 0 Å². The number of H-pyrrole nitrogens is 1. The van der Waals surface area contributed by atoms with Crippen molar-refractivity contribution < 1.29 is 9.90 Å². The maximum atomic E-state index is 13.9. The first-order valence-electron chi connectivity index (χ1n) is 11.8. The summed E-state index contributed by atoms with van der Waals surface area (Å²) in [5.74, 6) is -1.93. The van der Waals surface area contributed by atoms with Gasteiger partial charge >= 0.3 is 11.7 Å². The molecule has 0 fully saturated rings. The Bertz CT molecular complexity index is 1720. The highest BCUT2D eigenvalue weighted by Gasteiger charge is 2.26. The highest BCUT2D eigenvalue weighted by atomic mass is 16.4. The summed E-state index contributed by atoms with van der Waals surface area (Å²) in [7, 11) is 0. The van der Waals surface area contributed by atoms with E-state index in [-0.39, 0.29) is 18.3 Å². The molecule has 5 aromatic rings. The van der Waals surface area contributed by atoms with E-state index in [2.05, 4.69) is 30.1 Å². The minimum absolute atomic E-state index is 0.0462. The molecule has 0 bridgehead atoms. The van der Waals surface area contributed by atoms with Crippen LogP contribution in [-0.2, 0) is 11.3 Å². The van der Waals surface area contributed by atoms with Gasteiger partial charge in [-0.05, 0) is 61.7 Å². The van der Waals surface area contributed by atoms with Crippen molar-refractivity contribution in [3.05, 3.63) is 105 Å². The summed E-state index contributed by atoms with van der Waals surface area (Å²) >= 11 is 0. The van der Waals surface area contributed by atoms with Crippen LogP contribution in [0.1, 0.15) is 46.7 Å². The molecule has 2 N–H and O–H groups in total. The predicted molar refractivity (Wildman–Crippen MR) is 139 cm³/mol. The van der Waals surface area contributed by atoms with Crippen molar-refractivity contribution in [3.63, 3.8) is 0 Å². The molecule has 2 heterocycles. The van der Waals surface area contributed by atoms with Crippen LogP contribution in [0.4, 0.5) is 0 Å². The van der Waals surface area contributed by atoms with Crippen LogP contribution in [0.15, 0.2) is 71.7 Å². The number of nitrogens with zero attached hydrogens (tertiary/aromatic N) is 3.